The van der Waals surface area contributed by atoms with Gasteiger partial charge in [0, 0.05) is 11.0 Å². The van der Waals surface area contributed by atoms with E-state index in [1.54, 1.807) is 18.2 Å². The van der Waals surface area contributed by atoms with Crippen molar-refractivity contribution >= 4 is 44.8 Å². The molecule has 1 amide bonds. The summed E-state index contributed by atoms with van der Waals surface area (Å²) in [5, 5.41) is 12.7. The van der Waals surface area contributed by atoms with Gasteiger partial charge in [-0.25, -0.2) is 0 Å². The minimum Gasteiger partial charge on any atom is -0.351 e. The topological polar surface area (TPSA) is 74.9 Å². The molecule has 4 rings (SSSR count). The number of nitriles is 1. The van der Waals surface area contributed by atoms with Crippen molar-refractivity contribution in [2.24, 2.45) is 0 Å². The van der Waals surface area contributed by atoms with Crippen molar-refractivity contribution < 1.29 is 4.79 Å². The first kappa shape index (κ1) is 23.4. The van der Waals surface area contributed by atoms with E-state index in [1.807, 2.05) is 78.9 Å². The largest absolute Gasteiger partial charge is 0.351 e. The first-order valence-electron chi connectivity index (χ1n) is 10.6. The second-order valence-electron chi connectivity index (χ2n) is 7.43. The van der Waals surface area contributed by atoms with Gasteiger partial charge in [0.15, 0.2) is 5.57 Å². The van der Waals surface area contributed by atoms with Gasteiger partial charge >= 0.3 is 0 Å². The summed E-state index contributed by atoms with van der Waals surface area (Å²) in [6, 6.07) is 28.4. The Morgan fingerprint density at radius 3 is 2.41 bits per heavy atom. The third-order valence-corrected chi connectivity index (χ3v) is 6.66. The van der Waals surface area contributed by atoms with Crippen LogP contribution in [0.3, 0.4) is 0 Å². The van der Waals surface area contributed by atoms with Gasteiger partial charge in [0.2, 0.25) is 0 Å². The Kier molecular flexibility index (Phi) is 7.53. The summed E-state index contributed by atoms with van der Waals surface area (Å²) in [7, 11) is 0. The van der Waals surface area contributed by atoms with E-state index in [9.17, 15) is 14.9 Å². The molecule has 0 bridgehead atoms. The molecule has 0 spiro atoms. The van der Waals surface area contributed by atoms with Gasteiger partial charge in [-0.2, -0.15) is 5.26 Å². The Labute approximate surface area is 209 Å². The number of aromatic nitrogens is 1. The number of carbonyl (C=O) groups is 1. The smallest absolute Gasteiger partial charge is 0.273 e. The summed E-state index contributed by atoms with van der Waals surface area (Å²) in [5.74, 6) is -0.502. The van der Waals surface area contributed by atoms with E-state index < -0.39 is 5.91 Å². The van der Waals surface area contributed by atoms with Gasteiger partial charge < -0.3 is 5.32 Å². The SMILES string of the molecule is N#C/C(C(=O)NCCc1ccccc1)=c1\s/c(=C/c2cccc(Br)c2)c(=O)n1-c1ccccc1. The highest BCUT2D eigenvalue weighted by Crippen LogP contribution is 2.12. The average molecular weight is 530 g/mol. The van der Waals surface area contributed by atoms with Crippen molar-refractivity contribution in [2.45, 2.75) is 6.42 Å². The number of hydrogen-bond donors (Lipinski definition) is 1. The molecule has 1 heterocycles. The lowest BCUT2D eigenvalue weighted by Crippen LogP contribution is -2.34. The maximum Gasteiger partial charge on any atom is 0.273 e. The summed E-state index contributed by atoms with van der Waals surface area (Å²) < 4.78 is 3.06. The van der Waals surface area contributed by atoms with Crippen LogP contribution in [0.25, 0.3) is 17.3 Å². The summed E-state index contributed by atoms with van der Waals surface area (Å²) >= 11 is 4.58. The average Bonchev–Trinajstić information content (AvgIpc) is 3.16. The fourth-order valence-electron chi connectivity index (χ4n) is 3.46. The highest BCUT2D eigenvalue weighted by Gasteiger charge is 2.16. The normalized spacial score (nSPS) is 12.2. The molecule has 3 aromatic carbocycles. The van der Waals surface area contributed by atoms with Gasteiger partial charge in [-0.3, -0.25) is 14.2 Å². The predicted octanol–water partition coefficient (Wildman–Crippen LogP) is 3.52. The van der Waals surface area contributed by atoms with Crippen LogP contribution in [0.2, 0.25) is 0 Å². The van der Waals surface area contributed by atoms with E-state index in [2.05, 4.69) is 21.2 Å². The molecule has 0 atom stereocenters. The lowest BCUT2D eigenvalue weighted by molar-refractivity contribution is -0.115. The molecular formula is C27H20BrN3O2S. The summed E-state index contributed by atoms with van der Waals surface area (Å²) in [5.41, 5.74) is 2.15. The Hall–Kier alpha value is -3.73. The first-order valence-corrected chi connectivity index (χ1v) is 12.2. The van der Waals surface area contributed by atoms with Crippen molar-refractivity contribution in [2.75, 3.05) is 6.54 Å². The molecule has 1 aromatic heterocycles. The molecule has 34 heavy (non-hydrogen) atoms. The van der Waals surface area contributed by atoms with Gasteiger partial charge in [-0.1, -0.05) is 76.6 Å². The van der Waals surface area contributed by atoms with Gasteiger partial charge in [0.1, 0.15) is 10.7 Å². The zero-order chi connectivity index (χ0) is 23.9. The van der Waals surface area contributed by atoms with Gasteiger partial charge in [-0.15, -0.1) is 11.3 Å². The highest BCUT2D eigenvalue weighted by molar-refractivity contribution is 9.10. The molecule has 168 valence electrons. The molecule has 5 nitrogen and oxygen atoms in total. The Balaban J connectivity index is 1.80. The zero-order valence-electron chi connectivity index (χ0n) is 18.1. The third kappa shape index (κ3) is 5.42. The summed E-state index contributed by atoms with van der Waals surface area (Å²) in [6.45, 7) is 0.381. The monoisotopic (exact) mass is 529 g/mol. The summed E-state index contributed by atoms with van der Waals surface area (Å²) in [6.07, 6.45) is 2.41. The van der Waals surface area contributed by atoms with Gasteiger partial charge in [0.25, 0.3) is 11.5 Å². The number of benzene rings is 3. The molecule has 0 fully saturated rings. The van der Waals surface area contributed by atoms with Crippen LogP contribution in [-0.2, 0) is 11.2 Å². The molecule has 0 saturated heterocycles. The zero-order valence-corrected chi connectivity index (χ0v) is 20.5. The van der Waals surface area contributed by atoms with Crippen LogP contribution < -0.4 is 20.1 Å². The number of thiazole rings is 1. The number of para-hydroxylation sites is 1. The van der Waals surface area contributed by atoms with Crippen LogP contribution >= 0.6 is 27.3 Å². The molecule has 4 aromatic rings. The number of amides is 1. The second-order valence-corrected chi connectivity index (χ2v) is 9.37. The molecule has 0 aliphatic rings. The first-order chi connectivity index (χ1) is 16.6. The maximum atomic E-state index is 13.4. The molecule has 0 aliphatic carbocycles. The van der Waals surface area contributed by atoms with Crippen molar-refractivity contribution in [3.63, 3.8) is 0 Å². The predicted molar refractivity (Wildman–Crippen MR) is 139 cm³/mol. The lowest BCUT2D eigenvalue weighted by Gasteiger charge is -2.06. The fraction of sp³-hybridized carbons (Fsp3) is 0.0741. The molecular weight excluding hydrogens is 510 g/mol. The maximum absolute atomic E-state index is 13.4. The number of halogens is 1. The van der Waals surface area contributed by atoms with E-state index >= 15 is 0 Å². The number of hydrogen-bond acceptors (Lipinski definition) is 4. The fourth-order valence-corrected chi connectivity index (χ4v) is 4.98. The summed E-state index contributed by atoms with van der Waals surface area (Å²) in [4.78, 5) is 26.4. The number of rotatable bonds is 6. The lowest BCUT2D eigenvalue weighted by atomic mass is 10.1. The molecule has 0 saturated carbocycles. The minimum atomic E-state index is -0.502. The Bertz CT molecular complexity index is 1530. The van der Waals surface area contributed by atoms with Crippen LogP contribution in [0.15, 0.2) is 94.2 Å². The Morgan fingerprint density at radius 2 is 1.74 bits per heavy atom. The third-order valence-electron chi connectivity index (χ3n) is 5.08. The van der Waals surface area contributed by atoms with Crippen molar-refractivity contribution in [3.8, 4) is 11.8 Å². The van der Waals surface area contributed by atoms with Crippen molar-refractivity contribution in [1.29, 1.82) is 5.26 Å². The molecule has 0 radical (unpaired) electrons. The van der Waals surface area contributed by atoms with Crippen molar-refractivity contribution in [1.82, 2.24) is 9.88 Å². The van der Waals surface area contributed by atoms with Crippen molar-refractivity contribution in [3.05, 3.63) is 120 Å². The van der Waals surface area contributed by atoms with Crippen LogP contribution in [0.5, 0.6) is 0 Å². The Morgan fingerprint density at radius 1 is 1.03 bits per heavy atom. The van der Waals surface area contributed by atoms with Gasteiger partial charge in [-0.05, 0) is 47.9 Å². The van der Waals surface area contributed by atoms with E-state index in [4.69, 9.17) is 0 Å². The van der Waals surface area contributed by atoms with E-state index in [0.29, 0.717) is 27.8 Å². The van der Waals surface area contributed by atoms with Crippen LogP contribution in [-0.4, -0.2) is 17.0 Å². The standard InChI is InChI=1S/C27H20BrN3O2S/c28-21-11-7-10-20(16-21)17-24-26(33)31(22-12-5-2-6-13-22)27(34-24)23(18-29)25(32)30-15-14-19-8-3-1-4-9-19/h1-13,16-17H,14-15H2,(H,30,32)/b24-17+,27-23+. The minimum absolute atomic E-state index is 0.0899. The number of carbonyl (C=O) groups excluding carboxylic acids is 1. The number of nitrogens with zero attached hydrogens (tertiary/aromatic N) is 2. The van der Waals surface area contributed by atoms with E-state index in [1.165, 1.54) is 4.57 Å². The molecule has 0 unspecified atom stereocenters. The molecule has 0 aliphatic heterocycles. The van der Waals surface area contributed by atoms with E-state index in [0.717, 1.165) is 26.9 Å². The number of nitrogens with one attached hydrogen (secondary N) is 1. The van der Waals surface area contributed by atoms with E-state index in [-0.39, 0.29) is 11.1 Å². The van der Waals surface area contributed by atoms with Gasteiger partial charge in [0.05, 0.1) is 10.2 Å². The van der Waals surface area contributed by atoms with Crippen LogP contribution in [0.1, 0.15) is 11.1 Å². The second kappa shape index (κ2) is 10.9. The van der Waals surface area contributed by atoms with Crippen LogP contribution in [0.4, 0.5) is 0 Å². The highest BCUT2D eigenvalue weighted by atomic mass is 79.9. The van der Waals surface area contributed by atoms with Crippen LogP contribution in [0, 0.1) is 11.3 Å². The quantitative estimate of drug-likeness (QED) is 0.415. The molecule has 1 N–H and O–H groups in total. The molecule has 7 heteroatoms.